The van der Waals surface area contributed by atoms with Gasteiger partial charge in [-0.25, -0.2) is 23.1 Å². The van der Waals surface area contributed by atoms with Crippen LogP contribution in [-0.4, -0.2) is 32.2 Å². The van der Waals surface area contributed by atoms with Gasteiger partial charge in [-0.15, -0.1) is 0 Å². The number of rotatable bonds is 5. The third-order valence-corrected chi connectivity index (χ3v) is 3.05. The monoisotopic (exact) mass is 300 g/mol. The minimum atomic E-state index is -4.24. The molecule has 108 valence electrons. The number of ether oxygens (including phenoxy) is 1. The number of benzene rings is 1. The first-order chi connectivity index (χ1) is 9.25. The molecule has 9 heteroatoms. The van der Waals surface area contributed by atoms with Crippen LogP contribution in [0.15, 0.2) is 35.7 Å². The molecular formula is C11H12N2O6S. The van der Waals surface area contributed by atoms with Crippen molar-refractivity contribution >= 4 is 27.8 Å². The van der Waals surface area contributed by atoms with E-state index < -0.39 is 32.5 Å². The molecule has 20 heavy (non-hydrogen) atoms. The van der Waals surface area contributed by atoms with Crippen molar-refractivity contribution in [3.8, 4) is 0 Å². The van der Waals surface area contributed by atoms with Crippen molar-refractivity contribution < 1.29 is 27.9 Å². The van der Waals surface area contributed by atoms with Gasteiger partial charge in [0.15, 0.2) is 0 Å². The summed E-state index contributed by atoms with van der Waals surface area (Å²) in [5.74, 6) is -1.45. The zero-order valence-electron chi connectivity index (χ0n) is 10.2. The van der Waals surface area contributed by atoms with Crippen molar-refractivity contribution in [2.75, 3.05) is 11.9 Å². The number of nitrogens with two attached hydrogens (primary N) is 1. The maximum Gasteiger partial charge on any atom is 0.411 e. The molecule has 0 saturated carbocycles. The topological polar surface area (TPSA) is 136 Å². The van der Waals surface area contributed by atoms with Gasteiger partial charge in [0.25, 0.3) is 0 Å². The minimum absolute atomic E-state index is 0.0267. The summed E-state index contributed by atoms with van der Waals surface area (Å²) in [6, 6.07) is 3.17. The second-order valence-electron chi connectivity index (χ2n) is 3.57. The summed E-state index contributed by atoms with van der Waals surface area (Å²) in [5.41, 5.74) is -0.453. The van der Waals surface area contributed by atoms with E-state index in [0.29, 0.717) is 0 Å². The Hall–Kier alpha value is -2.39. The van der Waals surface area contributed by atoms with E-state index in [4.69, 9.17) is 10.2 Å². The van der Waals surface area contributed by atoms with E-state index in [1.54, 1.807) is 0 Å². The van der Waals surface area contributed by atoms with E-state index in [2.05, 4.69) is 16.6 Å². The molecule has 0 atom stereocenters. The molecular weight excluding hydrogens is 288 g/mol. The summed E-state index contributed by atoms with van der Waals surface area (Å²) in [6.45, 7) is 3.32. The second kappa shape index (κ2) is 6.17. The molecule has 4 N–H and O–H groups in total. The van der Waals surface area contributed by atoms with Crippen molar-refractivity contribution in [3.63, 3.8) is 0 Å². The van der Waals surface area contributed by atoms with E-state index in [0.717, 1.165) is 12.1 Å². The number of hydrogen-bond donors (Lipinski definition) is 3. The Morgan fingerprint density at radius 1 is 1.45 bits per heavy atom. The zero-order chi connectivity index (χ0) is 15.3. The first-order valence-corrected chi connectivity index (χ1v) is 6.75. The molecule has 0 radical (unpaired) electrons. The molecule has 0 spiro atoms. The number of nitrogens with one attached hydrogen (secondary N) is 1. The predicted octanol–water partition coefficient (Wildman–Crippen LogP) is 0.767. The van der Waals surface area contributed by atoms with Gasteiger partial charge in [0.05, 0.1) is 10.5 Å². The lowest BCUT2D eigenvalue weighted by Gasteiger charge is -2.08. The standard InChI is InChI=1S/C11H12N2O6S/c1-2-5-19-11(16)13-7-3-4-8(10(14)15)9(6-7)20(12,17)18/h2-4,6H,1,5H2,(H,13,16)(H,14,15)(H2,12,17,18). The van der Waals surface area contributed by atoms with Gasteiger partial charge < -0.3 is 9.84 Å². The normalized spacial score (nSPS) is 10.7. The number of carbonyl (C=O) groups is 2. The largest absolute Gasteiger partial charge is 0.478 e. The number of carboxylic acids is 1. The first kappa shape index (κ1) is 15.7. The average molecular weight is 300 g/mol. The van der Waals surface area contributed by atoms with Crippen molar-refractivity contribution in [2.24, 2.45) is 5.14 Å². The maximum absolute atomic E-state index is 11.3. The quantitative estimate of drug-likeness (QED) is 0.687. The number of anilines is 1. The van der Waals surface area contributed by atoms with E-state index in [9.17, 15) is 18.0 Å². The van der Waals surface area contributed by atoms with Crippen LogP contribution in [0.1, 0.15) is 10.4 Å². The van der Waals surface area contributed by atoms with Crippen molar-refractivity contribution in [3.05, 3.63) is 36.4 Å². The van der Waals surface area contributed by atoms with Crippen molar-refractivity contribution in [1.29, 1.82) is 0 Å². The number of amides is 1. The number of sulfonamides is 1. The van der Waals surface area contributed by atoms with Crippen LogP contribution in [0.25, 0.3) is 0 Å². The maximum atomic E-state index is 11.3. The lowest BCUT2D eigenvalue weighted by Crippen LogP contribution is -2.18. The highest BCUT2D eigenvalue weighted by Gasteiger charge is 2.20. The predicted molar refractivity (Wildman–Crippen MR) is 69.9 cm³/mol. The molecule has 0 bridgehead atoms. The van der Waals surface area contributed by atoms with Gasteiger partial charge in [0.1, 0.15) is 6.61 Å². The summed E-state index contributed by atoms with van der Waals surface area (Å²) >= 11 is 0. The lowest BCUT2D eigenvalue weighted by atomic mass is 10.2. The SMILES string of the molecule is C=CCOC(=O)Nc1ccc(C(=O)O)c(S(N)(=O)=O)c1. The Morgan fingerprint density at radius 2 is 2.10 bits per heavy atom. The molecule has 1 rings (SSSR count). The van der Waals surface area contributed by atoms with Crippen LogP contribution in [0.3, 0.4) is 0 Å². The molecule has 1 aromatic rings. The molecule has 1 aromatic carbocycles. The Bertz CT molecular complexity index is 653. The second-order valence-corrected chi connectivity index (χ2v) is 5.10. The fraction of sp³-hybridized carbons (Fsp3) is 0.0909. The van der Waals surface area contributed by atoms with E-state index in [-0.39, 0.29) is 12.3 Å². The zero-order valence-corrected chi connectivity index (χ0v) is 11.0. The number of aromatic carboxylic acids is 1. The molecule has 0 fully saturated rings. The number of carbonyl (C=O) groups excluding carboxylic acids is 1. The fourth-order valence-electron chi connectivity index (χ4n) is 1.30. The number of primary sulfonamides is 1. The van der Waals surface area contributed by atoms with Gasteiger partial charge in [0, 0.05) is 5.69 Å². The summed E-state index contributed by atoms with van der Waals surface area (Å²) < 4.78 is 27.3. The molecule has 0 saturated heterocycles. The van der Waals surface area contributed by atoms with E-state index in [1.807, 2.05) is 0 Å². The minimum Gasteiger partial charge on any atom is -0.478 e. The Kier molecular flexibility index (Phi) is 4.83. The molecule has 0 aromatic heterocycles. The Morgan fingerprint density at radius 3 is 2.60 bits per heavy atom. The molecule has 0 aliphatic heterocycles. The smallest absolute Gasteiger partial charge is 0.411 e. The van der Waals surface area contributed by atoms with Gasteiger partial charge in [-0.05, 0) is 18.2 Å². The Balaban J connectivity index is 3.11. The van der Waals surface area contributed by atoms with Gasteiger partial charge in [-0.3, -0.25) is 5.32 Å². The molecule has 0 heterocycles. The number of carboxylic acid groups (broad SMARTS) is 1. The van der Waals surface area contributed by atoms with Crippen LogP contribution in [0.5, 0.6) is 0 Å². The average Bonchev–Trinajstić information content (AvgIpc) is 2.35. The highest BCUT2D eigenvalue weighted by atomic mass is 32.2. The van der Waals surface area contributed by atoms with Crippen LogP contribution >= 0.6 is 0 Å². The van der Waals surface area contributed by atoms with Gasteiger partial charge in [0.2, 0.25) is 10.0 Å². The summed E-state index contributed by atoms with van der Waals surface area (Å²) in [5, 5.41) is 16.0. The summed E-state index contributed by atoms with van der Waals surface area (Å²) in [4.78, 5) is 21.6. The van der Waals surface area contributed by atoms with Crippen LogP contribution in [0.4, 0.5) is 10.5 Å². The first-order valence-electron chi connectivity index (χ1n) is 5.20. The fourth-order valence-corrected chi connectivity index (χ4v) is 2.05. The van der Waals surface area contributed by atoms with Crippen LogP contribution in [0, 0.1) is 0 Å². The number of hydrogen-bond acceptors (Lipinski definition) is 5. The summed E-state index contributed by atoms with van der Waals surface area (Å²) in [6.07, 6.45) is 0.511. The van der Waals surface area contributed by atoms with E-state index in [1.165, 1.54) is 12.1 Å². The highest BCUT2D eigenvalue weighted by molar-refractivity contribution is 7.89. The third kappa shape index (κ3) is 4.07. The van der Waals surface area contributed by atoms with Crippen molar-refractivity contribution in [1.82, 2.24) is 0 Å². The highest BCUT2D eigenvalue weighted by Crippen LogP contribution is 2.20. The van der Waals surface area contributed by atoms with Crippen LogP contribution in [0.2, 0.25) is 0 Å². The molecule has 0 aliphatic rings. The van der Waals surface area contributed by atoms with Crippen LogP contribution < -0.4 is 10.5 Å². The summed E-state index contributed by atoms with van der Waals surface area (Å²) in [7, 11) is -4.24. The lowest BCUT2D eigenvalue weighted by molar-refractivity contribution is 0.0692. The third-order valence-electron chi connectivity index (χ3n) is 2.10. The molecule has 0 unspecified atom stereocenters. The van der Waals surface area contributed by atoms with Gasteiger partial charge in [-0.2, -0.15) is 0 Å². The molecule has 0 aliphatic carbocycles. The van der Waals surface area contributed by atoms with Crippen LogP contribution in [-0.2, 0) is 14.8 Å². The van der Waals surface area contributed by atoms with E-state index >= 15 is 0 Å². The molecule has 1 amide bonds. The van der Waals surface area contributed by atoms with Crippen molar-refractivity contribution in [2.45, 2.75) is 4.90 Å². The molecule has 8 nitrogen and oxygen atoms in total. The Labute approximate surface area is 114 Å². The van der Waals surface area contributed by atoms with Gasteiger partial charge >= 0.3 is 12.1 Å². The van der Waals surface area contributed by atoms with Gasteiger partial charge in [-0.1, -0.05) is 12.7 Å².